The van der Waals surface area contributed by atoms with E-state index >= 15 is 0 Å². The summed E-state index contributed by atoms with van der Waals surface area (Å²) in [5.41, 5.74) is 3.04. The van der Waals surface area contributed by atoms with E-state index in [1.165, 1.54) is 57.3 Å². The predicted octanol–water partition coefficient (Wildman–Crippen LogP) is 4.02. The molecule has 88 valence electrons. The molecule has 0 radical (unpaired) electrons. The predicted molar refractivity (Wildman–Crippen MR) is 71.1 cm³/mol. The molecule has 0 amide bonds. The van der Waals surface area contributed by atoms with E-state index in [0.29, 0.717) is 0 Å². The van der Waals surface area contributed by atoms with Crippen LogP contribution in [0.15, 0.2) is 24.3 Å². The van der Waals surface area contributed by atoms with E-state index in [1.54, 1.807) is 5.56 Å². The molecule has 1 aliphatic heterocycles. The molecule has 1 aliphatic rings. The molecule has 0 unspecified atom stereocenters. The average Bonchev–Trinajstić information content (AvgIpc) is 2.35. The summed E-state index contributed by atoms with van der Waals surface area (Å²) >= 11 is 0. The molecule has 0 aromatic heterocycles. The second-order valence-electron chi connectivity index (χ2n) is 4.78. The van der Waals surface area contributed by atoms with Crippen LogP contribution in [-0.4, -0.2) is 13.1 Å². The summed E-state index contributed by atoms with van der Waals surface area (Å²) < 4.78 is 0. The lowest BCUT2D eigenvalue weighted by Crippen LogP contribution is -2.30. The van der Waals surface area contributed by atoms with Crippen LogP contribution >= 0.6 is 0 Å². The van der Waals surface area contributed by atoms with Crippen molar-refractivity contribution in [2.75, 3.05) is 18.0 Å². The highest BCUT2D eigenvalue weighted by molar-refractivity contribution is 5.55. The molecular formula is C15H23N. The minimum absolute atomic E-state index is 1.25. The quantitative estimate of drug-likeness (QED) is 0.673. The fourth-order valence-corrected chi connectivity index (χ4v) is 2.57. The van der Waals surface area contributed by atoms with Crippen molar-refractivity contribution in [3.05, 3.63) is 29.8 Å². The zero-order valence-electron chi connectivity index (χ0n) is 10.4. The minimum Gasteiger partial charge on any atom is -0.371 e. The van der Waals surface area contributed by atoms with E-state index in [9.17, 15) is 0 Å². The molecule has 0 atom stereocenters. The third kappa shape index (κ3) is 2.78. The smallest absolute Gasteiger partial charge is 0.0398 e. The highest BCUT2D eigenvalue weighted by atomic mass is 15.1. The first-order valence-electron chi connectivity index (χ1n) is 6.74. The van der Waals surface area contributed by atoms with E-state index in [0.717, 1.165) is 0 Å². The highest BCUT2D eigenvalue weighted by Crippen LogP contribution is 2.26. The Balaban J connectivity index is 1.91. The van der Waals surface area contributed by atoms with Gasteiger partial charge in [0.15, 0.2) is 0 Å². The normalized spacial score (nSPS) is 14.9. The van der Waals surface area contributed by atoms with Crippen LogP contribution in [0.25, 0.3) is 0 Å². The molecule has 0 fully saturated rings. The maximum absolute atomic E-state index is 2.58. The van der Waals surface area contributed by atoms with Gasteiger partial charge in [0.2, 0.25) is 0 Å². The van der Waals surface area contributed by atoms with Crippen molar-refractivity contribution in [2.45, 2.75) is 45.4 Å². The largest absolute Gasteiger partial charge is 0.371 e. The lowest BCUT2D eigenvalue weighted by atomic mass is 10.0. The van der Waals surface area contributed by atoms with E-state index in [4.69, 9.17) is 0 Å². The van der Waals surface area contributed by atoms with E-state index in [-0.39, 0.29) is 0 Å². The summed E-state index contributed by atoms with van der Waals surface area (Å²) in [6, 6.07) is 8.91. The van der Waals surface area contributed by atoms with Crippen LogP contribution < -0.4 is 4.90 Å². The number of hydrogen-bond donors (Lipinski definition) is 0. The fraction of sp³-hybridized carbons (Fsp3) is 0.600. The van der Waals surface area contributed by atoms with Gasteiger partial charge < -0.3 is 4.90 Å². The SMILES string of the molecule is CCCCCCN1CCCc2ccccc21. The average molecular weight is 217 g/mol. The molecule has 1 nitrogen and oxygen atoms in total. The Hall–Kier alpha value is -0.980. The summed E-state index contributed by atoms with van der Waals surface area (Å²) in [6.45, 7) is 4.77. The van der Waals surface area contributed by atoms with E-state index < -0.39 is 0 Å². The molecule has 2 rings (SSSR count). The van der Waals surface area contributed by atoms with Gasteiger partial charge in [-0.2, -0.15) is 0 Å². The van der Waals surface area contributed by atoms with Crippen LogP contribution in [0.2, 0.25) is 0 Å². The molecule has 0 bridgehead atoms. The summed E-state index contributed by atoms with van der Waals surface area (Å²) in [5.74, 6) is 0. The Morgan fingerprint density at radius 3 is 2.88 bits per heavy atom. The second-order valence-corrected chi connectivity index (χ2v) is 4.78. The zero-order chi connectivity index (χ0) is 11.2. The third-order valence-corrected chi connectivity index (χ3v) is 3.49. The molecule has 0 saturated heterocycles. The summed E-state index contributed by atoms with van der Waals surface area (Å²) in [5, 5.41) is 0. The van der Waals surface area contributed by atoms with Crippen LogP contribution in [0.1, 0.15) is 44.6 Å². The van der Waals surface area contributed by atoms with Crippen LogP contribution in [0.4, 0.5) is 5.69 Å². The van der Waals surface area contributed by atoms with Crippen molar-refractivity contribution >= 4 is 5.69 Å². The van der Waals surface area contributed by atoms with Gasteiger partial charge >= 0.3 is 0 Å². The number of fused-ring (bicyclic) bond motifs is 1. The molecule has 0 N–H and O–H groups in total. The number of hydrogen-bond acceptors (Lipinski definition) is 1. The molecular weight excluding hydrogens is 194 g/mol. The number of rotatable bonds is 5. The number of unbranched alkanes of at least 4 members (excludes halogenated alkanes) is 3. The number of benzene rings is 1. The third-order valence-electron chi connectivity index (χ3n) is 3.49. The van der Waals surface area contributed by atoms with Gasteiger partial charge in [0.05, 0.1) is 0 Å². The Bertz CT molecular complexity index is 319. The van der Waals surface area contributed by atoms with E-state index in [1.807, 2.05) is 0 Å². The molecule has 0 spiro atoms. The topological polar surface area (TPSA) is 3.24 Å². The van der Waals surface area contributed by atoms with Crippen molar-refractivity contribution < 1.29 is 0 Å². The van der Waals surface area contributed by atoms with Crippen LogP contribution in [-0.2, 0) is 6.42 Å². The van der Waals surface area contributed by atoms with Crippen LogP contribution in [0, 0.1) is 0 Å². The zero-order valence-corrected chi connectivity index (χ0v) is 10.4. The Morgan fingerprint density at radius 2 is 2.00 bits per heavy atom. The lowest BCUT2D eigenvalue weighted by Gasteiger charge is -2.31. The first-order chi connectivity index (χ1) is 7.92. The molecule has 0 aliphatic carbocycles. The molecule has 1 heterocycles. The Labute approximate surface area is 99.5 Å². The van der Waals surface area contributed by atoms with Crippen LogP contribution in [0.3, 0.4) is 0 Å². The number of nitrogens with zero attached hydrogens (tertiary/aromatic N) is 1. The van der Waals surface area contributed by atoms with Gasteiger partial charge in [-0.05, 0) is 30.9 Å². The van der Waals surface area contributed by atoms with Gasteiger partial charge in [0.25, 0.3) is 0 Å². The Kier molecular flexibility index (Phi) is 4.26. The summed E-state index contributed by atoms with van der Waals surface area (Å²) in [7, 11) is 0. The molecule has 1 aromatic rings. The van der Waals surface area contributed by atoms with Crippen molar-refractivity contribution in [3.63, 3.8) is 0 Å². The number of para-hydroxylation sites is 1. The number of anilines is 1. The Morgan fingerprint density at radius 1 is 1.12 bits per heavy atom. The molecule has 1 aromatic carbocycles. The maximum atomic E-state index is 2.58. The number of aryl methyl sites for hydroxylation is 1. The fourth-order valence-electron chi connectivity index (χ4n) is 2.57. The summed E-state index contributed by atoms with van der Waals surface area (Å²) in [6.07, 6.45) is 8.04. The van der Waals surface area contributed by atoms with Crippen molar-refractivity contribution in [1.82, 2.24) is 0 Å². The van der Waals surface area contributed by atoms with Crippen molar-refractivity contribution in [3.8, 4) is 0 Å². The molecule has 1 heteroatoms. The highest BCUT2D eigenvalue weighted by Gasteiger charge is 2.14. The second kappa shape index (κ2) is 5.93. The van der Waals surface area contributed by atoms with Gasteiger partial charge in [-0.3, -0.25) is 0 Å². The standard InChI is InChI=1S/C15H23N/c1-2-3-4-7-12-16-13-8-10-14-9-5-6-11-15(14)16/h5-6,9,11H,2-4,7-8,10,12-13H2,1H3. The monoisotopic (exact) mass is 217 g/mol. The van der Waals surface area contributed by atoms with Crippen molar-refractivity contribution in [2.24, 2.45) is 0 Å². The lowest BCUT2D eigenvalue weighted by molar-refractivity contribution is 0.619. The van der Waals surface area contributed by atoms with Gasteiger partial charge in [-0.1, -0.05) is 44.4 Å². The first-order valence-corrected chi connectivity index (χ1v) is 6.74. The van der Waals surface area contributed by atoms with Crippen molar-refractivity contribution in [1.29, 1.82) is 0 Å². The molecule has 0 saturated carbocycles. The minimum atomic E-state index is 1.25. The van der Waals surface area contributed by atoms with Gasteiger partial charge in [-0.25, -0.2) is 0 Å². The molecule has 16 heavy (non-hydrogen) atoms. The van der Waals surface area contributed by atoms with Crippen LogP contribution in [0.5, 0.6) is 0 Å². The first kappa shape index (κ1) is 11.5. The van der Waals surface area contributed by atoms with Gasteiger partial charge in [0.1, 0.15) is 0 Å². The van der Waals surface area contributed by atoms with Gasteiger partial charge in [-0.15, -0.1) is 0 Å². The van der Waals surface area contributed by atoms with E-state index in [2.05, 4.69) is 36.1 Å². The van der Waals surface area contributed by atoms with Gasteiger partial charge in [0, 0.05) is 18.8 Å². The maximum Gasteiger partial charge on any atom is 0.0398 e. The summed E-state index contributed by atoms with van der Waals surface area (Å²) in [4.78, 5) is 2.58.